The van der Waals surface area contributed by atoms with Crippen LogP contribution in [-0.4, -0.2) is 43.2 Å². The van der Waals surface area contributed by atoms with E-state index in [-0.39, 0.29) is 0 Å². The van der Waals surface area contributed by atoms with Crippen molar-refractivity contribution >= 4 is 0 Å². The van der Waals surface area contributed by atoms with Crippen molar-refractivity contribution in [2.24, 2.45) is 5.73 Å². The fourth-order valence-corrected chi connectivity index (χ4v) is 4.97. The smallest absolute Gasteiger partial charge is 0.416 e. The number of benzene rings is 3. The quantitative estimate of drug-likeness (QED) is 0.416. The van der Waals surface area contributed by atoms with Crippen molar-refractivity contribution in [2.75, 3.05) is 26.2 Å². The molecule has 1 saturated carbocycles. The summed E-state index contributed by atoms with van der Waals surface area (Å²) in [4.78, 5) is 2.40. The highest BCUT2D eigenvalue weighted by Gasteiger charge is 2.38. The molecule has 0 aromatic heterocycles. The Bertz CT molecular complexity index is 1150. The topological polar surface area (TPSA) is 50.5 Å². The molecule has 3 N–H and O–H groups in total. The SMILES string of the molecule is NC1CCN(CCN[C@@H]2C[C@H]2c2ccc(OCc3ccccc3)c(-c3ccc(C(F)(F)F)cc3)c2)C1. The lowest BCUT2D eigenvalue weighted by Gasteiger charge is -2.16. The molecule has 190 valence electrons. The van der Waals surface area contributed by atoms with Gasteiger partial charge in [-0.1, -0.05) is 48.5 Å². The second-order valence-corrected chi connectivity index (χ2v) is 9.86. The van der Waals surface area contributed by atoms with Gasteiger partial charge in [0, 0.05) is 43.2 Å². The Hall–Kier alpha value is -2.87. The van der Waals surface area contributed by atoms with E-state index in [1.54, 1.807) is 0 Å². The fraction of sp³-hybridized carbons (Fsp3) is 0.379. The summed E-state index contributed by atoms with van der Waals surface area (Å²) in [5.74, 6) is 1.06. The lowest BCUT2D eigenvalue weighted by Crippen LogP contribution is -2.33. The first-order chi connectivity index (χ1) is 17.4. The lowest BCUT2D eigenvalue weighted by atomic mass is 9.98. The molecule has 2 fully saturated rings. The normalized spacial score (nSPS) is 22.1. The van der Waals surface area contributed by atoms with Gasteiger partial charge in [-0.25, -0.2) is 0 Å². The lowest BCUT2D eigenvalue weighted by molar-refractivity contribution is -0.137. The summed E-state index contributed by atoms with van der Waals surface area (Å²) in [5.41, 5.74) is 9.08. The number of halogens is 3. The molecule has 36 heavy (non-hydrogen) atoms. The third kappa shape index (κ3) is 6.09. The molecular weight excluding hydrogens is 463 g/mol. The van der Waals surface area contributed by atoms with Crippen LogP contribution in [0.4, 0.5) is 13.2 Å². The third-order valence-corrected chi connectivity index (χ3v) is 7.13. The van der Waals surface area contributed by atoms with Gasteiger partial charge in [0.05, 0.1) is 5.56 Å². The van der Waals surface area contributed by atoms with Gasteiger partial charge >= 0.3 is 6.18 Å². The maximum Gasteiger partial charge on any atom is 0.416 e. The van der Waals surface area contributed by atoms with Crippen molar-refractivity contribution in [1.29, 1.82) is 0 Å². The summed E-state index contributed by atoms with van der Waals surface area (Å²) in [7, 11) is 0. The maximum atomic E-state index is 13.1. The Balaban J connectivity index is 1.30. The molecule has 7 heteroatoms. The molecule has 2 aliphatic rings. The van der Waals surface area contributed by atoms with E-state index in [9.17, 15) is 13.2 Å². The standard InChI is InChI=1S/C29H32F3N3O/c30-29(31,32)23-9-6-21(7-10-23)26-16-22(8-11-28(26)36-19-20-4-2-1-3-5-20)25-17-27(25)34-13-15-35-14-12-24(33)18-35/h1-11,16,24-25,27,34H,12-15,17-19,33H2/t24?,25-,27+/m0/s1. The maximum absolute atomic E-state index is 13.1. The van der Waals surface area contributed by atoms with E-state index in [4.69, 9.17) is 10.5 Å². The molecule has 3 aromatic rings. The summed E-state index contributed by atoms with van der Waals surface area (Å²) >= 11 is 0. The Morgan fingerprint density at radius 1 is 1.00 bits per heavy atom. The average molecular weight is 496 g/mol. The molecule has 1 unspecified atom stereocenters. The predicted octanol–water partition coefficient (Wildman–Crippen LogP) is 5.43. The highest BCUT2D eigenvalue weighted by atomic mass is 19.4. The molecule has 0 spiro atoms. The van der Waals surface area contributed by atoms with Gasteiger partial charge in [-0.3, -0.25) is 0 Å². The van der Waals surface area contributed by atoms with Crippen LogP contribution in [0.3, 0.4) is 0 Å². The first kappa shape index (κ1) is 24.8. The van der Waals surface area contributed by atoms with Gasteiger partial charge in [0.15, 0.2) is 0 Å². The Morgan fingerprint density at radius 3 is 2.47 bits per heavy atom. The molecule has 0 bridgehead atoms. The highest BCUT2D eigenvalue weighted by molar-refractivity contribution is 5.72. The molecular formula is C29H32F3N3O. The van der Waals surface area contributed by atoms with Crippen molar-refractivity contribution in [1.82, 2.24) is 10.2 Å². The summed E-state index contributed by atoms with van der Waals surface area (Å²) in [5, 5.41) is 3.65. The molecule has 3 aromatic carbocycles. The zero-order valence-corrected chi connectivity index (χ0v) is 20.2. The van der Waals surface area contributed by atoms with Crippen LogP contribution in [0.15, 0.2) is 72.8 Å². The second kappa shape index (κ2) is 10.6. The number of rotatable bonds is 9. The van der Waals surface area contributed by atoms with E-state index in [2.05, 4.69) is 22.3 Å². The number of alkyl halides is 3. The molecule has 1 aliphatic carbocycles. The number of hydrogen-bond donors (Lipinski definition) is 2. The first-order valence-corrected chi connectivity index (χ1v) is 12.6. The minimum Gasteiger partial charge on any atom is -0.488 e. The largest absolute Gasteiger partial charge is 0.488 e. The van der Waals surface area contributed by atoms with Crippen molar-refractivity contribution in [3.05, 3.63) is 89.5 Å². The molecule has 0 radical (unpaired) electrons. The van der Waals surface area contributed by atoms with Gasteiger partial charge < -0.3 is 20.7 Å². The number of ether oxygens (including phenoxy) is 1. The van der Waals surface area contributed by atoms with Crippen LogP contribution in [0.1, 0.15) is 35.4 Å². The van der Waals surface area contributed by atoms with Crippen LogP contribution in [0, 0.1) is 0 Å². The first-order valence-electron chi connectivity index (χ1n) is 12.6. The van der Waals surface area contributed by atoms with Gasteiger partial charge in [0.2, 0.25) is 0 Å². The third-order valence-electron chi connectivity index (χ3n) is 7.13. The van der Waals surface area contributed by atoms with E-state index in [0.29, 0.717) is 35.9 Å². The Morgan fingerprint density at radius 2 is 1.78 bits per heavy atom. The number of nitrogens with two attached hydrogens (primary N) is 1. The summed E-state index contributed by atoms with van der Waals surface area (Å²) in [6, 6.07) is 22.0. The van der Waals surface area contributed by atoms with Crippen molar-refractivity contribution in [3.63, 3.8) is 0 Å². The van der Waals surface area contributed by atoms with E-state index < -0.39 is 11.7 Å². The summed E-state index contributed by atoms with van der Waals surface area (Å²) in [6.45, 7) is 4.36. The van der Waals surface area contributed by atoms with E-state index in [1.807, 2.05) is 36.4 Å². The number of hydrogen-bond acceptors (Lipinski definition) is 4. The minimum atomic E-state index is -4.36. The molecule has 1 aliphatic heterocycles. The van der Waals surface area contributed by atoms with Gasteiger partial charge in [-0.2, -0.15) is 13.2 Å². The summed E-state index contributed by atoms with van der Waals surface area (Å²) < 4.78 is 45.5. The van der Waals surface area contributed by atoms with Gasteiger partial charge in [-0.15, -0.1) is 0 Å². The van der Waals surface area contributed by atoms with Gasteiger partial charge in [-0.05, 0) is 60.3 Å². The van der Waals surface area contributed by atoms with E-state index in [0.717, 1.165) is 62.3 Å². The van der Waals surface area contributed by atoms with Crippen LogP contribution in [-0.2, 0) is 12.8 Å². The number of nitrogens with zero attached hydrogens (tertiary/aromatic N) is 1. The average Bonchev–Trinajstić information content (AvgIpc) is 3.53. The van der Waals surface area contributed by atoms with Gasteiger partial charge in [0.25, 0.3) is 0 Å². The monoisotopic (exact) mass is 495 g/mol. The van der Waals surface area contributed by atoms with E-state index in [1.165, 1.54) is 17.7 Å². The van der Waals surface area contributed by atoms with Crippen molar-refractivity contribution < 1.29 is 17.9 Å². The number of nitrogens with one attached hydrogen (secondary N) is 1. The second-order valence-electron chi connectivity index (χ2n) is 9.86. The van der Waals surface area contributed by atoms with Crippen LogP contribution in [0.2, 0.25) is 0 Å². The molecule has 5 rings (SSSR count). The van der Waals surface area contributed by atoms with Crippen LogP contribution < -0.4 is 15.8 Å². The number of likely N-dealkylation sites (tertiary alicyclic amines) is 1. The van der Waals surface area contributed by atoms with E-state index >= 15 is 0 Å². The predicted molar refractivity (Wildman–Crippen MR) is 136 cm³/mol. The highest BCUT2D eigenvalue weighted by Crippen LogP contribution is 2.44. The summed E-state index contributed by atoms with van der Waals surface area (Å²) in [6.07, 6.45) is -2.24. The molecule has 3 atom stereocenters. The minimum absolute atomic E-state index is 0.296. The van der Waals surface area contributed by atoms with Crippen LogP contribution >= 0.6 is 0 Å². The van der Waals surface area contributed by atoms with Crippen LogP contribution in [0.25, 0.3) is 11.1 Å². The van der Waals surface area contributed by atoms with Gasteiger partial charge in [0.1, 0.15) is 12.4 Å². The zero-order valence-electron chi connectivity index (χ0n) is 20.2. The molecule has 0 amide bonds. The van der Waals surface area contributed by atoms with Crippen molar-refractivity contribution in [2.45, 2.75) is 43.6 Å². The fourth-order valence-electron chi connectivity index (χ4n) is 4.97. The molecule has 1 saturated heterocycles. The Labute approximate surface area is 210 Å². The Kier molecular flexibility index (Phi) is 7.32. The van der Waals surface area contributed by atoms with Crippen molar-refractivity contribution in [3.8, 4) is 16.9 Å². The van der Waals surface area contributed by atoms with Crippen LogP contribution in [0.5, 0.6) is 5.75 Å². The molecule has 1 heterocycles. The molecule has 4 nitrogen and oxygen atoms in total. The zero-order chi connectivity index (χ0) is 25.1.